The highest BCUT2D eigenvalue weighted by atomic mass is 17.5. The molecule has 1 spiro atoms. The summed E-state index contributed by atoms with van der Waals surface area (Å²) in [6.45, 7) is 0. The molecule has 4 heteroatoms. The molecule has 1 saturated heterocycles. The van der Waals surface area contributed by atoms with Crippen LogP contribution in [-0.2, 0) is 19.2 Å². The molecule has 0 unspecified atom stereocenters. The molecule has 0 aliphatic carbocycles. The lowest BCUT2D eigenvalue weighted by Gasteiger charge is -1.91. The van der Waals surface area contributed by atoms with E-state index >= 15 is 0 Å². The van der Waals surface area contributed by atoms with Gasteiger partial charge in [-0.05, 0) is 0 Å². The molecule has 0 radical (unpaired) electrons. The Labute approximate surface area is 39.2 Å². The van der Waals surface area contributed by atoms with Gasteiger partial charge in [-0.3, -0.25) is 0 Å². The fourth-order valence-electron chi connectivity index (χ4n) is 0.363. The first-order valence-corrected chi connectivity index (χ1v) is 1.79. The molecular weight excluding hydrogens is 100 g/mol. The molecule has 0 aromatic heterocycles. The average molecular weight is 102 g/mol. The summed E-state index contributed by atoms with van der Waals surface area (Å²) in [6.07, 6.45) is 1.54. The van der Waals surface area contributed by atoms with Crippen molar-refractivity contribution >= 4 is 0 Å². The van der Waals surface area contributed by atoms with Gasteiger partial charge in [0.2, 0.25) is 0 Å². The number of hydrogen-bond donors (Lipinski definition) is 0. The molecule has 7 heavy (non-hydrogen) atoms. The van der Waals surface area contributed by atoms with E-state index in [1.807, 2.05) is 0 Å². The standard InChI is InChI=1S/C3H2O4/c1-2-5-3(4-1)6-7-3/h1-2H. The van der Waals surface area contributed by atoms with E-state index in [1.165, 1.54) is 12.5 Å². The van der Waals surface area contributed by atoms with Crippen molar-refractivity contribution in [3.63, 3.8) is 0 Å². The third-order valence-electron chi connectivity index (χ3n) is 0.700. The van der Waals surface area contributed by atoms with Gasteiger partial charge in [-0.2, -0.15) is 0 Å². The van der Waals surface area contributed by atoms with Crippen LogP contribution in [0.3, 0.4) is 0 Å². The highest BCUT2D eigenvalue weighted by Crippen LogP contribution is 2.35. The Balaban J connectivity index is 2.14. The van der Waals surface area contributed by atoms with Gasteiger partial charge in [0.15, 0.2) is 0 Å². The highest BCUT2D eigenvalue weighted by Gasteiger charge is 2.58. The maximum absolute atomic E-state index is 4.60. The molecule has 0 aromatic rings. The maximum atomic E-state index is 4.60. The Bertz CT molecular complexity index is 104. The van der Waals surface area contributed by atoms with Crippen molar-refractivity contribution in [1.82, 2.24) is 0 Å². The minimum atomic E-state index is -1.17. The van der Waals surface area contributed by atoms with Crippen LogP contribution in [0, 0.1) is 0 Å². The average Bonchev–Trinajstić information content (AvgIpc) is 2.15. The van der Waals surface area contributed by atoms with Crippen LogP contribution >= 0.6 is 0 Å². The monoisotopic (exact) mass is 102 g/mol. The molecule has 2 rings (SSSR count). The van der Waals surface area contributed by atoms with E-state index in [9.17, 15) is 0 Å². The summed E-state index contributed by atoms with van der Waals surface area (Å²) >= 11 is 0. The summed E-state index contributed by atoms with van der Waals surface area (Å²) in [5.41, 5.74) is 0. The second kappa shape index (κ2) is 0.753. The highest BCUT2D eigenvalue weighted by molar-refractivity contribution is 4.72. The van der Waals surface area contributed by atoms with Crippen molar-refractivity contribution in [1.29, 1.82) is 0 Å². The molecule has 2 aliphatic heterocycles. The van der Waals surface area contributed by atoms with Gasteiger partial charge in [0, 0.05) is 0 Å². The van der Waals surface area contributed by atoms with Crippen LogP contribution in [0.5, 0.6) is 0 Å². The molecule has 0 amide bonds. The van der Waals surface area contributed by atoms with Gasteiger partial charge in [-0.25, -0.2) is 0 Å². The zero-order valence-corrected chi connectivity index (χ0v) is 3.29. The van der Waals surface area contributed by atoms with E-state index in [0.29, 0.717) is 0 Å². The molecule has 0 N–H and O–H groups in total. The molecule has 0 bridgehead atoms. The van der Waals surface area contributed by atoms with E-state index in [-0.39, 0.29) is 0 Å². The third kappa shape index (κ3) is 0.318. The van der Waals surface area contributed by atoms with Gasteiger partial charge in [-0.1, -0.05) is 0 Å². The third-order valence-corrected chi connectivity index (χ3v) is 0.700. The van der Waals surface area contributed by atoms with Crippen LogP contribution in [0.25, 0.3) is 0 Å². The first-order chi connectivity index (χ1) is 3.41. The predicted molar refractivity (Wildman–Crippen MR) is 16.2 cm³/mol. The molecule has 0 saturated carbocycles. The van der Waals surface area contributed by atoms with Crippen molar-refractivity contribution in [2.75, 3.05) is 0 Å². The van der Waals surface area contributed by atoms with Crippen LogP contribution < -0.4 is 0 Å². The van der Waals surface area contributed by atoms with Gasteiger partial charge in [0.05, 0.1) is 0 Å². The predicted octanol–water partition coefficient (Wildman–Crippen LogP) is 0.0775. The molecule has 4 nitrogen and oxygen atoms in total. The van der Waals surface area contributed by atoms with Crippen LogP contribution in [0.1, 0.15) is 0 Å². The quantitative estimate of drug-likeness (QED) is 0.321. The van der Waals surface area contributed by atoms with Gasteiger partial charge in [-0.15, -0.1) is 9.78 Å². The van der Waals surface area contributed by atoms with Crippen LogP contribution in [0.15, 0.2) is 12.5 Å². The minimum Gasteiger partial charge on any atom is -0.408 e. The van der Waals surface area contributed by atoms with E-state index in [4.69, 9.17) is 0 Å². The summed E-state index contributed by atoms with van der Waals surface area (Å²) in [5, 5.41) is 0. The Hall–Kier alpha value is -0.740. The van der Waals surface area contributed by atoms with E-state index in [1.54, 1.807) is 0 Å². The number of rotatable bonds is 0. The Morgan fingerprint density at radius 2 is 1.57 bits per heavy atom. The first kappa shape index (κ1) is 3.29. The topological polar surface area (TPSA) is 43.5 Å². The maximum Gasteiger partial charge on any atom is 0.563 e. The lowest BCUT2D eigenvalue weighted by Crippen LogP contribution is -2.07. The Morgan fingerprint density at radius 1 is 1.00 bits per heavy atom. The normalized spacial score (nSPS) is 29.7. The Kier molecular flexibility index (Phi) is 0.353. The van der Waals surface area contributed by atoms with Crippen molar-refractivity contribution in [2.24, 2.45) is 0 Å². The summed E-state index contributed by atoms with van der Waals surface area (Å²) in [6, 6.07) is 0. The van der Waals surface area contributed by atoms with Gasteiger partial charge < -0.3 is 9.47 Å². The molecule has 0 atom stereocenters. The van der Waals surface area contributed by atoms with Crippen molar-refractivity contribution in [3.8, 4) is 0 Å². The molecule has 0 aromatic carbocycles. The summed E-state index contributed by atoms with van der Waals surface area (Å²) in [7, 11) is 0. The fraction of sp³-hybridized carbons (Fsp3) is 0.333. The minimum absolute atomic E-state index is 1.17. The lowest BCUT2D eigenvalue weighted by atomic mass is 11.1. The number of hydrogen-bond acceptors (Lipinski definition) is 4. The smallest absolute Gasteiger partial charge is 0.408 e. The van der Waals surface area contributed by atoms with Crippen LogP contribution in [0.4, 0.5) is 0 Å². The zero-order valence-electron chi connectivity index (χ0n) is 3.29. The van der Waals surface area contributed by atoms with Crippen molar-refractivity contribution in [2.45, 2.75) is 6.16 Å². The van der Waals surface area contributed by atoms with Crippen molar-refractivity contribution < 1.29 is 19.2 Å². The molecule has 38 valence electrons. The van der Waals surface area contributed by atoms with E-state index in [0.717, 1.165) is 0 Å². The van der Waals surface area contributed by atoms with E-state index < -0.39 is 6.16 Å². The summed E-state index contributed by atoms with van der Waals surface area (Å²) in [4.78, 5) is 8.50. The molecule has 2 aliphatic rings. The van der Waals surface area contributed by atoms with Gasteiger partial charge >= 0.3 is 6.16 Å². The van der Waals surface area contributed by atoms with Crippen molar-refractivity contribution in [3.05, 3.63) is 12.5 Å². The second-order valence-corrected chi connectivity index (χ2v) is 1.17. The summed E-state index contributed by atoms with van der Waals surface area (Å²) in [5.74, 6) is 0. The Morgan fingerprint density at radius 3 is 1.86 bits per heavy atom. The zero-order chi connectivity index (χ0) is 4.74. The SMILES string of the molecule is C1=COC2(O1)OO2. The van der Waals surface area contributed by atoms with Crippen LogP contribution in [-0.4, -0.2) is 6.16 Å². The van der Waals surface area contributed by atoms with E-state index in [2.05, 4.69) is 19.2 Å². The molecule has 2 heterocycles. The summed E-state index contributed by atoms with van der Waals surface area (Å²) < 4.78 is 9.21. The lowest BCUT2D eigenvalue weighted by molar-refractivity contribution is -0.149. The number of ether oxygens (including phenoxy) is 2. The first-order valence-electron chi connectivity index (χ1n) is 1.79. The van der Waals surface area contributed by atoms with Crippen LogP contribution in [0.2, 0.25) is 0 Å². The largest absolute Gasteiger partial charge is 0.563 e. The molecular formula is C3H2O4. The van der Waals surface area contributed by atoms with Gasteiger partial charge in [0.25, 0.3) is 0 Å². The molecule has 1 fully saturated rings. The van der Waals surface area contributed by atoms with Gasteiger partial charge in [0.1, 0.15) is 12.5 Å². The fourth-order valence-corrected chi connectivity index (χ4v) is 0.363. The second-order valence-electron chi connectivity index (χ2n) is 1.17.